The highest BCUT2D eigenvalue weighted by Gasteiger charge is 2.15. The smallest absolute Gasteiger partial charge is 0.310 e. The van der Waals surface area contributed by atoms with Crippen molar-refractivity contribution in [3.8, 4) is 5.75 Å². The number of aryl methyl sites for hydroxylation is 1. The summed E-state index contributed by atoms with van der Waals surface area (Å²) in [6.07, 6.45) is 2.47. The molecule has 0 unspecified atom stereocenters. The molecule has 0 fully saturated rings. The van der Waals surface area contributed by atoms with Crippen LogP contribution in [0.2, 0.25) is 0 Å². The third kappa shape index (κ3) is 5.11. The number of nitrogens with one attached hydrogen (secondary N) is 1. The first-order valence-electron chi connectivity index (χ1n) is 8.17. The number of amides is 1. The molecule has 3 rings (SSSR count). The molecule has 27 heavy (non-hydrogen) atoms. The van der Waals surface area contributed by atoms with Crippen molar-refractivity contribution in [2.45, 2.75) is 13.3 Å². The van der Waals surface area contributed by atoms with Crippen molar-refractivity contribution in [3.63, 3.8) is 0 Å². The number of hydrogen-bond acceptors (Lipinski definition) is 6. The number of thiazole rings is 1. The van der Waals surface area contributed by atoms with Crippen molar-refractivity contribution < 1.29 is 14.5 Å². The van der Waals surface area contributed by atoms with Crippen molar-refractivity contribution in [1.82, 2.24) is 4.98 Å². The summed E-state index contributed by atoms with van der Waals surface area (Å²) in [6.45, 7) is 1.70. The fraction of sp³-hybridized carbons (Fsp3) is 0.158. The number of ether oxygens (including phenoxy) is 1. The first kappa shape index (κ1) is 18.5. The summed E-state index contributed by atoms with van der Waals surface area (Å²) in [4.78, 5) is 27.7. The number of carbonyl (C=O) groups is 1. The number of nitro groups is 1. The summed E-state index contributed by atoms with van der Waals surface area (Å²) >= 11 is 1.38. The SMILES string of the molecule is Cc1cccc(Cc2cnc(NC(=O)COc3ccccc3[N+](=O)[O-])s2)c1. The van der Waals surface area contributed by atoms with Gasteiger partial charge in [-0.2, -0.15) is 0 Å². The zero-order valence-electron chi connectivity index (χ0n) is 14.5. The highest BCUT2D eigenvalue weighted by molar-refractivity contribution is 7.15. The number of nitro benzene ring substituents is 1. The zero-order valence-corrected chi connectivity index (χ0v) is 15.4. The molecule has 7 nitrogen and oxygen atoms in total. The lowest BCUT2D eigenvalue weighted by molar-refractivity contribution is -0.385. The van der Waals surface area contributed by atoms with Gasteiger partial charge < -0.3 is 4.74 Å². The molecule has 138 valence electrons. The monoisotopic (exact) mass is 383 g/mol. The van der Waals surface area contributed by atoms with Gasteiger partial charge in [0.2, 0.25) is 0 Å². The minimum atomic E-state index is -0.550. The molecule has 0 bridgehead atoms. The fourth-order valence-electron chi connectivity index (χ4n) is 2.50. The number of benzene rings is 2. The molecule has 1 aromatic heterocycles. The Hall–Kier alpha value is -3.26. The molecule has 8 heteroatoms. The summed E-state index contributed by atoms with van der Waals surface area (Å²) in [6, 6.07) is 14.1. The van der Waals surface area contributed by atoms with Gasteiger partial charge in [-0.05, 0) is 18.6 Å². The van der Waals surface area contributed by atoms with E-state index in [-0.39, 0.29) is 18.0 Å². The first-order valence-corrected chi connectivity index (χ1v) is 8.99. The molecule has 2 aromatic carbocycles. The van der Waals surface area contributed by atoms with E-state index in [1.54, 1.807) is 12.3 Å². The van der Waals surface area contributed by atoms with E-state index in [1.807, 2.05) is 25.1 Å². The van der Waals surface area contributed by atoms with Crippen LogP contribution in [-0.2, 0) is 11.2 Å². The zero-order chi connectivity index (χ0) is 19.2. The van der Waals surface area contributed by atoms with E-state index >= 15 is 0 Å². The quantitative estimate of drug-likeness (QED) is 0.492. The van der Waals surface area contributed by atoms with E-state index in [2.05, 4.69) is 16.4 Å². The second kappa shape index (κ2) is 8.41. The van der Waals surface area contributed by atoms with Crippen molar-refractivity contribution in [3.05, 3.63) is 80.8 Å². The molecule has 1 heterocycles. The van der Waals surface area contributed by atoms with Gasteiger partial charge in [0.25, 0.3) is 5.91 Å². The fourth-order valence-corrected chi connectivity index (χ4v) is 3.36. The van der Waals surface area contributed by atoms with Crippen molar-refractivity contribution in [2.24, 2.45) is 0 Å². The van der Waals surface area contributed by atoms with E-state index in [0.717, 1.165) is 11.3 Å². The summed E-state index contributed by atoms with van der Waals surface area (Å²) in [5.74, 6) is -0.374. The molecule has 0 spiro atoms. The Balaban J connectivity index is 1.56. The Kier molecular flexibility index (Phi) is 5.77. The van der Waals surface area contributed by atoms with E-state index in [9.17, 15) is 14.9 Å². The minimum absolute atomic E-state index is 0.0527. The van der Waals surface area contributed by atoms with Crippen LogP contribution < -0.4 is 10.1 Å². The predicted octanol–water partition coefficient (Wildman–Crippen LogP) is 3.97. The molecule has 1 amide bonds. The lowest BCUT2D eigenvalue weighted by atomic mass is 10.1. The molecule has 0 aliphatic rings. The molecule has 3 aromatic rings. The summed E-state index contributed by atoms with van der Waals surface area (Å²) < 4.78 is 5.27. The van der Waals surface area contributed by atoms with E-state index < -0.39 is 10.8 Å². The Labute approximate surface area is 159 Å². The Bertz CT molecular complexity index is 971. The second-order valence-electron chi connectivity index (χ2n) is 5.86. The third-order valence-electron chi connectivity index (χ3n) is 3.68. The van der Waals surface area contributed by atoms with Crippen LogP contribution in [0, 0.1) is 17.0 Å². The number of nitrogens with zero attached hydrogens (tertiary/aromatic N) is 2. The van der Waals surface area contributed by atoms with Gasteiger partial charge >= 0.3 is 5.69 Å². The van der Waals surface area contributed by atoms with Gasteiger partial charge in [-0.3, -0.25) is 20.2 Å². The average molecular weight is 383 g/mol. The molecule has 0 aliphatic heterocycles. The van der Waals surface area contributed by atoms with Gasteiger partial charge in [0, 0.05) is 23.6 Å². The molecular weight excluding hydrogens is 366 g/mol. The highest BCUT2D eigenvalue weighted by atomic mass is 32.1. The van der Waals surface area contributed by atoms with Gasteiger partial charge in [-0.1, -0.05) is 42.0 Å². The maximum absolute atomic E-state index is 12.0. The third-order valence-corrected chi connectivity index (χ3v) is 4.59. The number of hydrogen-bond donors (Lipinski definition) is 1. The van der Waals surface area contributed by atoms with Gasteiger partial charge in [-0.25, -0.2) is 4.98 Å². The molecular formula is C19H17N3O4S. The van der Waals surface area contributed by atoms with Crippen LogP contribution >= 0.6 is 11.3 Å². The molecule has 0 aliphatic carbocycles. The van der Waals surface area contributed by atoms with Crippen molar-refractivity contribution in [2.75, 3.05) is 11.9 Å². The number of para-hydroxylation sites is 2. The lowest BCUT2D eigenvalue weighted by Gasteiger charge is -2.06. The van der Waals surface area contributed by atoms with Gasteiger partial charge in [0.15, 0.2) is 17.5 Å². The summed E-state index contributed by atoms with van der Waals surface area (Å²) in [5, 5.41) is 14.1. The van der Waals surface area contributed by atoms with Crippen LogP contribution in [0.1, 0.15) is 16.0 Å². The van der Waals surface area contributed by atoms with Crippen LogP contribution in [0.25, 0.3) is 0 Å². The number of aromatic nitrogens is 1. The van der Waals surface area contributed by atoms with E-state index in [4.69, 9.17) is 4.74 Å². The maximum Gasteiger partial charge on any atom is 0.310 e. The number of anilines is 1. The second-order valence-corrected chi connectivity index (χ2v) is 6.97. The summed E-state index contributed by atoms with van der Waals surface area (Å²) in [7, 11) is 0. The summed E-state index contributed by atoms with van der Waals surface area (Å²) in [5.41, 5.74) is 2.19. The molecule has 1 N–H and O–H groups in total. The normalized spacial score (nSPS) is 10.4. The van der Waals surface area contributed by atoms with Gasteiger partial charge in [0.05, 0.1) is 4.92 Å². The topological polar surface area (TPSA) is 94.4 Å². The average Bonchev–Trinajstić information content (AvgIpc) is 3.07. The van der Waals surface area contributed by atoms with Gasteiger partial charge in [-0.15, -0.1) is 11.3 Å². The van der Waals surface area contributed by atoms with Crippen LogP contribution in [-0.4, -0.2) is 22.4 Å². The largest absolute Gasteiger partial charge is 0.477 e. The van der Waals surface area contributed by atoms with E-state index in [0.29, 0.717) is 5.13 Å². The predicted molar refractivity (Wildman–Crippen MR) is 103 cm³/mol. The lowest BCUT2D eigenvalue weighted by Crippen LogP contribution is -2.20. The van der Waals surface area contributed by atoms with Crippen molar-refractivity contribution in [1.29, 1.82) is 0 Å². The Morgan fingerprint density at radius 2 is 2.07 bits per heavy atom. The molecule has 0 radical (unpaired) electrons. The van der Waals surface area contributed by atoms with Crippen LogP contribution in [0.3, 0.4) is 0 Å². The van der Waals surface area contributed by atoms with Crippen LogP contribution in [0.5, 0.6) is 5.75 Å². The van der Waals surface area contributed by atoms with Crippen LogP contribution in [0.15, 0.2) is 54.7 Å². The highest BCUT2D eigenvalue weighted by Crippen LogP contribution is 2.26. The first-order chi connectivity index (χ1) is 13.0. The Morgan fingerprint density at radius 1 is 1.26 bits per heavy atom. The molecule has 0 saturated carbocycles. The Morgan fingerprint density at radius 3 is 2.85 bits per heavy atom. The molecule has 0 saturated heterocycles. The maximum atomic E-state index is 12.0. The standard InChI is InChI=1S/C19H17N3O4S/c1-13-5-4-6-14(9-13)10-15-11-20-19(27-15)21-18(23)12-26-17-8-3-2-7-16(17)22(24)25/h2-9,11H,10,12H2,1H3,(H,20,21,23). The van der Waals surface area contributed by atoms with Crippen LogP contribution in [0.4, 0.5) is 10.8 Å². The number of carbonyl (C=O) groups excluding carboxylic acids is 1. The van der Waals surface area contributed by atoms with Gasteiger partial charge in [0.1, 0.15) is 0 Å². The molecule has 0 atom stereocenters. The van der Waals surface area contributed by atoms with E-state index in [1.165, 1.54) is 40.7 Å². The van der Waals surface area contributed by atoms with Crippen molar-refractivity contribution >= 4 is 28.1 Å². The minimum Gasteiger partial charge on any atom is -0.477 e. The number of rotatable bonds is 7.